The minimum atomic E-state index is -3.07. The summed E-state index contributed by atoms with van der Waals surface area (Å²) in [6.07, 6.45) is 0. The van der Waals surface area contributed by atoms with E-state index < -0.39 is 13.6 Å². The third kappa shape index (κ3) is 2.37. The second-order valence-corrected chi connectivity index (χ2v) is 8.81. The molecule has 0 spiro atoms. The van der Waals surface area contributed by atoms with Crippen LogP contribution >= 0.6 is 15.9 Å². The summed E-state index contributed by atoms with van der Waals surface area (Å²) < 4.78 is 26.6. The van der Waals surface area contributed by atoms with Gasteiger partial charge < -0.3 is 4.79 Å². The zero-order valence-corrected chi connectivity index (χ0v) is 10.7. The SMILES string of the molecule is CC[Si](CC)(C(=O)CBr)C(C)(F)F. The standard InChI is InChI=1S/C8H15BrF2OSi/c1-4-13(5-2,7(12)6-9)8(3,10)11/h4-6H2,1-3H3. The molecule has 0 saturated carbocycles. The van der Waals surface area contributed by atoms with Gasteiger partial charge in [-0.05, 0) is 19.0 Å². The Kier molecular flexibility index (Phi) is 4.72. The maximum Gasteiger partial charge on any atom is 0.235 e. The molecular formula is C8H15BrF2OSi. The lowest BCUT2D eigenvalue weighted by molar-refractivity contribution is -0.111. The predicted molar refractivity (Wildman–Crippen MR) is 56.1 cm³/mol. The molecule has 0 radical (unpaired) electrons. The van der Waals surface area contributed by atoms with Crippen molar-refractivity contribution in [3.8, 4) is 0 Å². The number of alkyl halides is 3. The summed E-state index contributed by atoms with van der Waals surface area (Å²) in [5.41, 5.74) is -2.80. The number of rotatable bonds is 5. The van der Waals surface area contributed by atoms with Crippen LogP contribution in [-0.4, -0.2) is 24.4 Å². The highest BCUT2D eigenvalue weighted by Crippen LogP contribution is 2.34. The molecule has 0 aromatic carbocycles. The first-order chi connectivity index (χ1) is 5.85. The third-order valence-electron chi connectivity index (χ3n) is 2.70. The molecule has 1 nitrogen and oxygen atoms in total. The van der Waals surface area contributed by atoms with Crippen LogP contribution in [0, 0.1) is 0 Å². The van der Waals surface area contributed by atoms with Gasteiger partial charge in [0.15, 0.2) is 0 Å². The van der Waals surface area contributed by atoms with E-state index in [4.69, 9.17) is 0 Å². The molecule has 0 rings (SSSR count). The van der Waals surface area contributed by atoms with Crippen LogP contribution in [0.25, 0.3) is 0 Å². The van der Waals surface area contributed by atoms with Crippen molar-refractivity contribution >= 4 is 29.4 Å². The van der Waals surface area contributed by atoms with Gasteiger partial charge in [-0.2, -0.15) is 0 Å². The highest BCUT2D eigenvalue weighted by Gasteiger charge is 2.54. The molecule has 0 bridgehead atoms. The van der Waals surface area contributed by atoms with E-state index in [1.165, 1.54) is 0 Å². The fourth-order valence-electron chi connectivity index (χ4n) is 1.64. The molecule has 0 aromatic heterocycles. The van der Waals surface area contributed by atoms with Gasteiger partial charge in [0.05, 0.1) is 5.33 Å². The van der Waals surface area contributed by atoms with Gasteiger partial charge in [0.25, 0.3) is 0 Å². The Balaban J connectivity index is 5.03. The average Bonchev–Trinajstić information content (AvgIpc) is 2.04. The fourth-order valence-corrected chi connectivity index (χ4v) is 6.52. The molecule has 78 valence electrons. The van der Waals surface area contributed by atoms with Gasteiger partial charge >= 0.3 is 0 Å². The Labute approximate surface area is 87.0 Å². The lowest BCUT2D eigenvalue weighted by atomic mass is 10.8. The Morgan fingerprint density at radius 1 is 1.38 bits per heavy atom. The highest BCUT2D eigenvalue weighted by molar-refractivity contribution is 9.09. The van der Waals surface area contributed by atoms with Crippen LogP contribution in [-0.2, 0) is 4.79 Å². The van der Waals surface area contributed by atoms with Crippen molar-refractivity contribution in [2.24, 2.45) is 0 Å². The van der Waals surface area contributed by atoms with E-state index in [0.717, 1.165) is 6.92 Å². The molecule has 0 fully saturated rings. The van der Waals surface area contributed by atoms with Crippen LogP contribution in [0.2, 0.25) is 12.1 Å². The van der Waals surface area contributed by atoms with E-state index >= 15 is 0 Å². The van der Waals surface area contributed by atoms with Crippen molar-refractivity contribution in [1.29, 1.82) is 0 Å². The summed E-state index contributed by atoms with van der Waals surface area (Å²) >= 11 is 2.98. The van der Waals surface area contributed by atoms with Crippen LogP contribution in [0.3, 0.4) is 0 Å². The summed E-state index contributed by atoms with van der Waals surface area (Å²) in [5.74, 6) is 0. The summed E-state index contributed by atoms with van der Waals surface area (Å²) in [6.45, 7) is 4.26. The molecule has 0 aromatic rings. The van der Waals surface area contributed by atoms with Gasteiger partial charge in [0.2, 0.25) is 13.6 Å². The summed E-state index contributed by atoms with van der Waals surface area (Å²) in [6, 6.07) is 0.634. The minimum absolute atomic E-state index is 0.0599. The van der Waals surface area contributed by atoms with Gasteiger partial charge in [-0.15, -0.1) is 0 Å². The zero-order chi connectivity index (χ0) is 10.7. The second kappa shape index (κ2) is 4.64. The third-order valence-corrected chi connectivity index (χ3v) is 9.07. The van der Waals surface area contributed by atoms with Gasteiger partial charge in [-0.1, -0.05) is 29.8 Å². The molecule has 0 heterocycles. The maximum atomic E-state index is 13.3. The van der Waals surface area contributed by atoms with Crippen LogP contribution in [0.1, 0.15) is 20.8 Å². The van der Waals surface area contributed by atoms with Gasteiger partial charge in [-0.3, -0.25) is 0 Å². The summed E-state index contributed by atoms with van der Waals surface area (Å²) in [4.78, 5) is 11.5. The maximum absolute atomic E-state index is 13.3. The first kappa shape index (κ1) is 13.2. The van der Waals surface area contributed by atoms with Crippen LogP contribution in [0.5, 0.6) is 0 Å². The molecule has 0 saturated heterocycles. The normalized spacial score (nSPS) is 13.1. The van der Waals surface area contributed by atoms with Gasteiger partial charge in [0.1, 0.15) is 5.41 Å². The van der Waals surface area contributed by atoms with Crippen molar-refractivity contribution in [2.45, 2.75) is 38.4 Å². The second-order valence-electron chi connectivity index (χ2n) is 3.23. The summed E-state index contributed by atoms with van der Waals surface area (Å²) in [5, 5.41) is -0.213. The molecule has 0 aliphatic heterocycles. The largest absolute Gasteiger partial charge is 0.304 e. The Morgan fingerprint density at radius 2 is 1.77 bits per heavy atom. The molecule has 0 atom stereocenters. The van der Waals surface area contributed by atoms with Crippen LogP contribution in [0.15, 0.2) is 0 Å². The van der Waals surface area contributed by atoms with E-state index in [9.17, 15) is 13.6 Å². The van der Waals surface area contributed by atoms with E-state index in [-0.39, 0.29) is 10.7 Å². The molecule has 5 heteroatoms. The van der Waals surface area contributed by atoms with Crippen molar-refractivity contribution in [1.82, 2.24) is 0 Å². The average molecular weight is 273 g/mol. The number of carbonyl (C=O) groups excluding carboxylic acids is 1. The molecule has 0 aliphatic rings. The Hall–Kier alpha value is 0.227. The first-order valence-electron chi connectivity index (χ1n) is 4.32. The Morgan fingerprint density at radius 3 is 1.85 bits per heavy atom. The van der Waals surface area contributed by atoms with E-state index in [2.05, 4.69) is 15.9 Å². The molecule has 13 heavy (non-hydrogen) atoms. The van der Waals surface area contributed by atoms with E-state index in [0.29, 0.717) is 12.1 Å². The van der Waals surface area contributed by atoms with E-state index in [1.807, 2.05) is 0 Å². The zero-order valence-electron chi connectivity index (χ0n) is 8.16. The van der Waals surface area contributed by atoms with Crippen LogP contribution < -0.4 is 0 Å². The van der Waals surface area contributed by atoms with Crippen molar-refractivity contribution in [2.75, 3.05) is 5.33 Å². The van der Waals surface area contributed by atoms with Crippen molar-refractivity contribution in [3.05, 3.63) is 0 Å². The predicted octanol–water partition coefficient (Wildman–Crippen LogP) is 3.17. The van der Waals surface area contributed by atoms with Gasteiger partial charge in [0, 0.05) is 0 Å². The smallest absolute Gasteiger partial charge is 0.235 e. The van der Waals surface area contributed by atoms with Crippen molar-refractivity contribution < 1.29 is 13.6 Å². The monoisotopic (exact) mass is 272 g/mol. The lowest BCUT2D eigenvalue weighted by Gasteiger charge is -2.32. The summed E-state index contributed by atoms with van der Waals surface area (Å²) in [7, 11) is -3.07. The topological polar surface area (TPSA) is 17.1 Å². The Bertz CT molecular complexity index is 187. The minimum Gasteiger partial charge on any atom is -0.304 e. The number of carbonyl (C=O) groups is 1. The van der Waals surface area contributed by atoms with Crippen molar-refractivity contribution in [3.63, 3.8) is 0 Å². The van der Waals surface area contributed by atoms with E-state index in [1.54, 1.807) is 13.8 Å². The lowest BCUT2D eigenvalue weighted by Crippen LogP contribution is -2.57. The number of hydrogen-bond acceptors (Lipinski definition) is 1. The molecule has 0 amide bonds. The molecule has 0 N–H and O–H groups in total. The molecule has 0 unspecified atom stereocenters. The van der Waals surface area contributed by atoms with Crippen LogP contribution in [0.4, 0.5) is 8.78 Å². The molecular weight excluding hydrogens is 258 g/mol. The first-order valence-corrected chi connectivity index (χ1v) is 7.86. The quantitative estimate of drug-likeness (QED) is 0.555. The fraction of sp³-hybridized carbons (Fsp3) is 0.875. The molecule has 0 aliphatic carbocycles. The number of halogens is 3. The van der Waals surface area contributed by atoms with Gasteiger partial charge in [-0.25, -0.2) is 8.78 Å². The highest BCUT2D eigenvalue weighted by atomic mass is 79.9. The number of hydrogen-bond donors (Lipinski definition) is 0.